The fourth-order valence-electron chi connectivity index (χ4n) is 1.93. The van der Waals surface area contributed by atoms with Gasteiger partial charge < -0.3 is 29.2 Å². The second-order valence-electron chi connectivity index (χ2n) is 5.07. The number of aromatic hydroxyl groups is 1. The molecule has 23 heavy (non-hydrogen) atoms. The van der Waals surface area contributed by atoms with Crippen LogP contribution in [-0.2, 0) is 0 Å². The number of rotatable bonds is 8. The van der Waals surface area contributed by atoms with Gasteiger partial charge in [-0.15, -0.1) is 0 Å². The van der Waals surface area contributed by atoms with Gasteiger partial charge in [-0.25, -0.2) is 4.79 Å². The maximum atomic E-state index is 11.8. The number of aliphatic hydroxyl groups excluding tert-OH is 2. The lowest BCUT2D eigenvalue weighted by Gasteiger charge is -2.11. The summed E-state index contributed by atoms with van der Waals surface area (Å²) in [5.41, 5.74) is -0.541. The molecule has 0 radical (unpaired) electrons. The van der Waals surface area contributed by atoms with Gasteiger partial charge in [-0.1, -0.05) is 13.3 Å². The van der Waals surface area contributed by atoms with Crippen molar-refractivity contribution in [2.24, 2.45) is 0 Å². The molecule has 0 spiro atoms. The first-order chi connectivity index (χ1) is 11.1. The van der Waals surface area contributed by atoms with Gasteiger partial charge in [0, 0.05) is 0 Å². The molecule has 1 aromatic heterocycles. The second kappa shape index (κ2) is 7.85. The Bertz CT molecular complexity index is 707. The van der Waals surface area contributed by atoms with Crippen molar-refractivity contribution in [1.82, 2.24) is 0 Å². The largest absolute Gasteiger partial charge is 0.504 e. The summed E-state index contributed by atoms with van der Waals surface area (Å²) in [4.78, 5) is 11.8. The molecule has 0 aliphatic heterocycles. The summed E-state index contributed by atoms with van der Waals surface area (Å²) in [6, 6.07) is 4.49. The topological polar surface area (TPSA) is 109 Å². The Morgan fingerprint density at radius 3 is 2.78 bits per heavy atom. The number of hydrogen-bond acceptors (Lipinski definition) is 7. The molecule has 0 aliphatic rings. The highest BCUT2D eigenvalue weighted by Gasteiger charge is 2.16. The van der Waals surface area contributed by atoms with Crippen molar-refractivity contribution in [2.75, 3.05) is 19.8 Å². The van der Waals surface area contributed by atoms with Gasteiger partial charge in [0.2, 0.25) is 5.75 Å². The van der Waals surface area contributed by atoms with Gasteiger partial charge in [0.25, 0.3) is 0 Å². The zero-order valence-electron chi connectivity index (χ0n) is 12.8. The molecule has 0 fully saturated rings. The second-order valence-corrected chi connectivity index (χ2v) is 5.07. The lowest BCUT2D eigenvalue weighted by Crippen LogP contribution is -2.21. The predicted molar refractivity (Wildman–Crippen MR) is 83.1 cm³/mol. The molecule has 1 aromatic carbocycles. The summed E-state index contributed by atoms with van der Waals surface area (Å²) < 4.78 is 15.7. The SMILES string of the molecule is CCCCOc1c(O)c2cc(OCC(O)CO)ccc2oc1=O. The van der Waals surface area contributed by atoms with Crippen LogP contribution in [0.15, 0.2) is 27.4 Å². The van der Waals surface area contributed by atoms with Crippen LogP contribution in [0.25, 0.3) is 11.0 Å². The number of hydrogen-bond donors (Lipinski definition) is 3. The van der Waals surface area contributed by atoms with Crippen LogP contribution >= 0.6 is 0 Å². The Balaban J connectivity index is 2.30. The van der Waals surface area contributed by atoms with Gasteiger partial charge in [0.1, 0.15) is 24.0 Å². The molecular formula is C16H20O7. The number of benzene rings is 1. The monoisotopic (exact) mass is 324 g/mol. The molecule has 7 nitrogen and oxygen atoms in total. The molecule has 0 saturated heterocycles. The van der Waals surface area contributed by atoms with Crippen molar-refractivity contribution in [2.45, 2.75) is 25.9 Å². The molecule has 1 unspecified atom stereocenters. The van der Waals surface area contributed by atoms with Gasteiger partial charge in [-0.3, -0.25) is 0 Å². The summed E-state index contributed by atoms with van der Waals surface area (Å²) in [5.74, 6) is -0.173. The first kappa shape index (κ1) is 17.1. The van der Waals surface area contributed by atoms with Crippen molar-refractivity contribution in [3.63, 3.8) is 0 Å². The van der Waals surface area contributed by atoms with Gasteiger partial charge >= 0.3 is 5.63 Å². The molecular weight excluding hydrogens is 304 g/mol. The van der Waals surface area contributed by atoms with Crippen LogP contribution in [0.3, 0.4) is 0 Å². The summed E-state index contributed by atoms with van der Waals surface area (Å²) in [7, 11) is 0. The molecule has 1 atom stereocenters. The number of fused-ring (bicyclic) bond motifs is 1. The summed E-state index contributed by atoms with van der Waals surface area (Å²) >= 11 is 0. The van der Waals surface area contributed by atoms with E-state index in [2.05, 4.69) is 0 Å². The van der Waals surface area contributed by atoms with E-state index in [0.29, 0.717) is 12.4 Å². The molecule has 2 rings (SSSR count). The Hall–Kier alpha value is -2.25. The lowest BCUT2D eigenvalue weighted by atomic mass is 10.2. The van der Waals surface area contributed by atoms with Gasteiger partial charge in [0.05, 0.1) is 18.6 Å². The maximum absolute atomic E-state index is 11.8. The van der Waals surface area contributed by atoms with Crippen molar-refractivity contribution in [3.8, 4) is 17.2 Å². The van der Waals surface area contributed by atoms with Crippen LogP contribution in [0.1, 0.15) is 19.8 Å². The number of aliphatic hydroxyl groups is 2. The third kappa shape index (κ3) is 4.14. The highest BCUT2D eigenvalue weighted by molar-refractivity contribution is 5.86. The normalized spacial score (nSPS) is 12.3. The Morgan fingerprint density at radius 1 is 1.30 bits per heavy atom. The molecule has 0 saturated carbocycles. The van der Waals surface area contributed by atoms with Gasteiger partial charge in [-0.05, 0) is 24.6 Å². The fourth-order valence-corrected chi connectivity index (χ4v) is 1.93. The molecule has 7 heteroatoms. The molecule has 0 bridgehead atoms. The molecule has 126 valence electrons. The highest BCUT2D eigenvalue weighted by Crippen LogP contribution is 2.33. The Morgan fingerprint density at radius 2 is 2.09 bits per heavy atom. The first-order valence-corrected chi connectivity index (χ1v) is 7.41. The highest BCUT2D eigenvalue weighted by atomic mass is 16.5. The van der Waals surface area contributed by atoms with Crippen LogP contribution in [0.4, 0.5) is 0 Å². The zero-order chi connectivity index (χ0) is 16.8. The van der Waals surface area contributed by atoms with Crippen LogP contribution in [0, 0.1) is 0 Å². The summed E-state index contributed by atoms with van der Waals surface area (Å²) in [5, 5.41) is 28.6. The van der Waals surface area contributed by atoms with Crippen LogP contribution < -0.4 is 15.1 Å². The average Bonchev–Trinajstić information content (AvgIpc) is 2.56. The van der Waals surface area contributed by atoms with Crippen LogP contribution in [0.2, 0.25) is 0 Å². The smallest absolute Gasteiger partial charge is 0.383 e. The minimum Gasteiger partial charge on any atom is -0.504 e. The van der Waals surface area contributed by atoms with Crippen LogP contribution in [0.5, 0.6) is 17.2 Å². The molecule has 0 amide bonds. The Labute approximate surface area is 132 Å². The third-order valence-corrected chi connectivity index (χ3v) is 3.21. The van der Waals surface area contributed by atoms with E-state index < -0.39 is 18.3 Å². The van der Waals surface area contributed by atoms with Crippen molar-refractivity contribution in [3.05, 3.63) is 28.6 Å². The van der Waals surface area contributed by atoms with Crippen LogP contribution in [-0.4, -0.2) is 41.2 Å². The zero-order valence-corrected chi connectivity index (χ0v) is 12.8. The van der Waals surface area contributed by atoms with E-state index in [0.717, 1.165) is 12.8 Å². The Kier molecular flexibility index (Phi) is 5.84. The van der Waals surface area contributed by atoms with E-state index >= 15 is 0 Å². The van der Waals surface area contributed by atoms with E-state index in [4.69, 9.17) is 19.0 Å². The van der Waals surface area contributed by atoms with E-state index in [1.165, 1.54) is 18.2 Å². The van der Waals surface area contributed by atoms with E-state index in [1.807, 2.05) is 6.92 Å². The molecule has 2 aromatic rings. The third-order valence-electron chi connectivity index (χ3n) is 3.21. The minimum absolute atomic E-state index is 0.0978. The lowest BCUT2D eigenvalue weighted by molar-refractivity contribution is 0.0536. The molecule has 3 N–H and O–H groups in total. The minimum atomic E-state index is -0.999. The van der Waals surface area contributed by atoms with E-state index in [1.54, 1.807) is 0 Å². The van der Waals surface area contributed by atoms with Crippen molar-refractivity contribution < 1.29 is 29.2 Å². The van der Waals surface area contributed by atoms with Crippen molar-refractivity contribution >= 4 is 11.0 Å². The first-order valence-electron chi connectivity index (χ1n) is 7.41. The fraction of sp³-hybridized carbons (Fsp3) is 0.438. The molecule has 1 heterocycles. The summed E-state index contributed by atoms with van der Waals surface area (Å²) in [6.07, 6.45) is 0.644. The maximum Gasteiger partial charge on any atom is 0.383 e. The van der Waals surface area contributed by atoms with E-state index in [9.17, 15) is 15.0 Å². The predicted octanol–water partition coefficient (Wildman–Crippen LogP) is 1.41. The van der Waals surface area contributed by atoms with E-state index in [-0.39, 0.29) is 29.1 Å². The standard InChI is InChI=1S/C16H20O7/c1-2-3-6-21-15-14(19)12-7-11(22-9-10(18)8-17)4-5-13(12)23-16(15)20/h4-5,7,10,17-19H,2-3,6,8-9H2,1H3. The van der Waals surface area contributed by atoms with Gasteiger partial charge in [0.15, 0.2) is 5.75 Å². The average molecular weight is 324 g/mol. The molecule has 0 aliphatic carbocycles. The van der Waals surface area contributed by atoms with Crippen molar-refractivity contribution in [1.29, 1.82) is 0 Å². The number of ether oxygens (including phenoxy) is 2. The quantitative estimate of drug-likeness (QED) is 0.497. The summed E-state index contributed by atoms with van der Waals surface area (Å²) in [6.45, 7) is 1.78. The number of unbranched alkanes of at least 4 members (excludes halogenated alkanes) is 1. The van der Waals surface area contributed by atoms with Gasteiger partial charge in [-0.2, -0.15) is 0 Å².